The predicted molar refractivity (Wildman–Crippen MR) is 71.3 cm³/mol. The van der Waals surface area contributed by atoms with E-state index >= 15 is 0 Å². The maximum atomic E-state index is 4.53. The quantitative estimate of drug-likeness (QED) is 0.885. The maximum absolute atomic E-state index is 4.53. The minimum Gasteiger partial charge on any atom is -0.357 e. The smallest absolute Gasteiger partial charge is 0.183 e. The van der Waals surface area contributed by atoms with Crippen LogP contribution < -0.4 is 5.32 Å². The molecule has 1 N–H and O–H groups in total. The minimum absolute atomic E-state index is 0.0487. The zero-order valence-corrected chi connectivity index (χ0v) is 11.5. The summed E-state index contributed by atoms with van der Waals surface area (Å²) in [7, 11) is 0. The minimum atomic E-state index is 0.0487. The standard InChI is InChI=1S/C11H15N3S2/c1-7-12-8(5-15-7)9-6-16-10(13-9)14-11(2,3)4/h5-6H,1-4H3,(H,13,14). The lowest BCUT2D eigenvalue weighted by atomic mass is 10.1. The van der Waals surface area contributed by atoms with Crippen molar-refractivity contribution < 1.29 is 0 Å². The number of nitrogens with zero attached hydrogens (tertiary/aromatic N) is 2. The van der Waals surface area contributed by atoms with Crippen LogP contribution in [0.1, 0.15) is 25.8 Å². The molecule has 0 aromatic carbocycles. The van der Waals surface area contributed by atoms with Crippen LogP contribution in [-0.2, 0) is 0 Å². The molecule has 0 aliphatic heterocycles. The van der Waals surface area contributed by atoms with Crippen LogP contribution in [0.25, 0.3) is 11.4 Å². The Morgan fingerprint density at radius 3 is 2.25 bits per heavy atom. The maximum Gasteiger partial charge on any atom is 0.183 e. The molecule has 0 saturated carbocycles. The summed E-state index contributed by atoms with van der Waals surface area (Å²) in [5.41, 5.74) is 1.98. The second-order valence-corrected chi connectivity index (χ2v) is 6.58. The van der Waals surface area contributed by atoms with Crippen molar-refractivity contribution in [3.63, 3.8) is 0 Å². The first-order valence-electron chi connectivity index (χ1n) is 5.10. The molecule has 0 aliphatic carbocycles. The van der Waals surface area contributed by atoms with Gasteiger partial charge in [-0.05, 0) is 27.7 Å². The molecule has 2 aromatic rings. The molecule has 86 valence electrons. The van der Waals surface area contributed by atoms with Crippen LogP contribution in [-0.4, -0.2) is 15.5 Å². The Hall–Kier alpha value is -0.940. The molecule has 0 fully saturated rings. The molecule has 0 unspecified atom stereocenters. The summed E-state index contributed by atoms with van der Waals surface area (Å²) in [6, 6.07) is 0. The zero-order chi connectivity index (χ0) is 11.8. The van der Waals surface area contributed by atoms with Gasteiger partial charge in [0.1, 0.15) is 11.4 Å². The first-order valence-corrected chi connectivity index (χ1v) is 6.86. The fourth-order valence-electron chi connectivity index (χ4n) is 1.25. The fourth-order valence-corrected chi connectivity index (χ4v) is 2.77. The van der Waals surface area contributed by atoms with Gasteiger partial charge in [0.05, 0.1) is 5.01 Å². The van der Waals surface area contributed by atoms with Crippen molar-refractivity contribution in [1.82, 2.24) is 9.97 Å². The average Bonchev–Trinajstić information content (AvgIpc) is 2.71. The van der Waals surface area contributed by atoms with E-state index in [1.54, 1.807) is 22.7 Å². The molecule has 0 radical (unpaired) electrons. The molecule has 0 saturated heterocycles. The van der Waals surface area contributed by atoms with Gasteiger partial charge in [0.25, 0.3) is 0 Å². The van der Waals surface area contributed by atoms with E-state index in [1.165, 1.54) is 0 Å². The number of aryl methyl sites for hydroxylation is 1. The molecule has 2 aromatic heterocycles. The lowest BCUT2D eigenvalue weighted by Crippen LogP contribution is -2.25. The lowest BCUT2D eigenvalue weighted by Gasteiger charge is -2.19. The van der Waals surface area contributed by atoms with Gasteiger partial charge in [-0.25, -0.2) is 9.97 Å². The summed E-state index contributed by atoms with van der Waals surface area (Å²) >= 11 is 3.28. The highest BCUT2D eigenvalue weighted by Crippen LogP contribution is 2.27. The molecule has 0 atom stereocenters. The summed E-state index contributed by atoms with van der Waals surface area (Å²) in [5.74, 6) is 0. The number of hydrogen-bond acceptors (Lipinski definition) is 5. The van der Waals surface area contributed by atoms with E-state index in [1.807, 2.05) is 17.7 Å². The summed E-state index contributed by atoms with van der Waals surface area (Å²) < 4.78 is 0. The Labute approximate surface area is 104 Å². The van der Waals surface area contributed by atoms with Gasteiger partial charge in [-0.1, -0.05) is 0 Å². The van der Waals surface area contributed by atoms with E-state index < -0.39 is 0 Å². The second-order valence-electron chi connectivity index (χ2n) is 4.66. The van der Waals surface area contributed by atoms with Gasteiger partial charge < -0.3 is 5.32 Å². The molecule has 3 nitrogen and oxygen atoms in total. The van der Waals surface area contributed by atoms with Crippen molar-refractivity contribution in [2.75, 3.05) is 5.32 Å². The number of hydrogen-bond donors (Lipinski definition) is 1. The van der Waals surface area contributed by atoms with Crippen molar-refractivity contribution in [2.45, 2.75) is 33.2 Å². The number of anilines is 1. The molecule has 0 spiro atoms. The molecular formula is C11H15N3S2. The number of thiazole rings is 2. The van der Waals surface area contributed by atoms with Crippen LogP contribution in [0, 0.1) is 6.92 Å². The Balaban J connectivity index is 2.20. The van der Waals surface area contributed by atoms with Gasteiger partial charge >= 0.3 is 0 Å². The van der Waals surface area contributed by atoms with Crippen molar-refractivity contribution in [3.05, 3.63) is 15.8 Å². The molecule has 0 aliphatic rings. The molecule has 0 amide bonds. The van der Waals surface area contributed by atoms with Crippen LogP contribution >= 0.6 is 22.7 Å². The largest absolute Gasteiger partial charge is 0.357 e. The highest BCUT2D eigenvalue weighted by atomic mass is 32.1. The van der Waals surface area contributed by atoms with Crippen molar-refractivity contribution in [1.29, 1.82) is 0 Å². The van der Waals surface area contributed by atoms with Crippen LogP contribution in [0.15, 0.2) is 10.8 Å². The summed E-state index contributed by atoms with van der Waals surface area (Å²) in [5, 5.41) is 9.48. The highest BCUT2D eigenvalue weighted by Gasteiger charge is 2.13. The summed E-state index contributed by atoms with van der Waals surface area (Å²) in [4.78, 5) is 8.96. The van der Waals surface area contributed by atoms with E-state index in [4.69, 9.17) is 0 Å². The first-order chi connectivity index (χ1) is 7.44. The van der Waals surface area contributed by atoms with Crippen LogP contribution in [0.5, 0.6) is 0 Å². The third-order valence-electron chi connectivity index (χ3n) is 1.87. The number of nitrogens with one attached hydrogen (secondary N) is 1. The van der Waals surface area contributed by atoms with Crippen molar-refractivity contribution >= 4 is 27.8 Å². The van der Waals surface area contributed by atoms with Gasteiger partial charge in [-0.15, -0.1) is 22.7 Å². The third kappa shape index (κ3) is 2.80. The summed E-state index contributed by atoms with van der Waals surface area (Å²) in [6.45, 7) is 8.39. The number of rotatable bonds is 2. The predicted octanol–water partition coefficient (Wildman–Crippen LogP) is 3.79. The van der Waals surface area contributed by atoms with Gasteiger partial charge in [0, 0.05) is 16.3 Å². The SMILES string of the molecule is Cc1nc(-c2csc(NC(C)(C)C)n2)cs1. The highest BCUT2D eigenvalue weighted by molar-refractivity contribution is 7.14. The van der Waals surface area contributed by atoms with E-state index in [0.717, 1.165) is 21.5 Å². The van der Waals surface area contributed by atoms with Crippen LogP contribution in [0.2, 0.25) is 0 Å². The molecule has 2 rings (SSSR count). The Morgan fingerprint density at radius 1 is 1.06 bits per heavy atom. The second kappa shape index (κ2) is 4.14. The fraction of sp³-hybridized carbons (Fsp3) is 0.455. The molecule has 2 heterocycles. The lowest BCUT2D eigenvalue weighted by molar-refractivity contribution is 0.633. The van der Waals surface area contributed by atoms with Gasteiger partial charge in [-0.2, -0.15) is 0 Å². The van der Waals surface area contributed by atoms with E-state index in [0.29, 0.717) is 0 Å². The Kier molecular flexibility index (Phi) is 2.99. The monoisotopic (exact) mass is 253 g/mol. The van der Waals surface area contributed by atoms with Crippen LogP contribution in [0.3, 0.4) is 0 Å². The normalized spacial score (nSPS) is 11.8. The summed E-state index contributed by atoms with van der Waals surface area (Å²) in [6.07, 6.45) is 0. The van der Waals surface area contributed by atoms with Gasteiger partial charge in [0.2, 0.25) is 0 Å². The van der Waals surface area contributed by atoms with E-state index in [9.17, 15) is 0 Å². The average molecular weight is 253 g/mol. The van der Waals surface area contributed by atoms with E-state index in [2.05, 4.69) is 36.1 Å². The molecule has 5 heteroatoms. The van der Waals surface area contributed by atoms with E-state index in [-0.39, 0.29) is 5.54 Å². The molecule has 0 bridgehead atoms. The molecule has 16 heavy (non-hydrogen) atoms. The van der Waals surface area contributed by atoms with Crippen molar-refractivity contribution in [2.24, 2.45) is 0 Å². The third-order valence-corrected chi connectivity index (χ3v) is 3.40. The number of aromatic nitrogens is 2. The Bertz CT molecular complexity index is 479. The first kappa shape index (κ1) is 11.5. The van der Waals surface area contributed by atoms with Crippen molar-refractivity contribution in [3.8, 4) is 11.4 Å². The van der Waals surface area contributed by atoms with Crippen LogP contribution in [0.4, 0.5) is 5.13 Å². The van der Waals surface area contributed by atoms with Gasteiger partial charge in [-0.3, -0.25) is 0 Å². The zero-order valence-electron chi connectivity index (χ0n) is 9.87. The Morgan fingerprint density at radius 2 is 1.69 bits per heavy atom. The molecular weight excluding hydrogens is 238 g/mol. The van der Waals surface area contributed by atoms with Gasteiger partial charge in [0.15, 0.2) is 5.13 Å². The topological polar surface area (TPSA) is 37.8 Å².